The maximum absolute atomic E-state index is 13.3. The molecule has 2 aliphatic heterocycles. The molecule has 2 N–H and O–H groups in total. The van der Waals surface area contributed by atoms with Gasteiger partial charge in [-0.1, -0.05) is 30.3 Å². The first-order valence-corrected chi connectivity index (χ1v) is 12.1. The first-order chi connectivity index (χ1) is 17.3. The summed E-state index contributed by atoms with van der Waals surface area (Å²) in [5.74, 6) is 0.0206. The van der Waals surface area contributed by atoms with Gasteiger partial charge in [-0.25, -0.2) is 0 Å². The van der Waals surface area contributed by atoms with Crippen molar-refractivity contribution in [1.82, 2.24) is 10.6 Å². The third-order valence-electron chi connectivity index (χ3n) is 7.21. The normalized spacial score (nSPS) is 25.8. The number of halogens is 6. The van der Waals surface area contributed by atoms with Crippen molar-refractivity contribution in [2.75, 3.05) is 6.54 Å². The van der Waals surface area contributed by atoms with Crippen LogP contribution >= 0.6 is 0 Å². The molecule has 4 rings (SSSR count). The molecule has 200 valence electrons. The predicted octanol–water partition coefficient (Wildman–Crippen LogP) is 6.63. The Balaban J connectivity index is 1.56. The zero-order valence-corrected chi connectivity index (χ0v) is 20.2. The van der Waals surface area contributed by atoms with Crippen molar-refractivity contribution in [2.45, 2.75) is 68.6 Å². The summed E-state index contributed by atoms with van der Waals surface area (Å²) in [6, 6.07) is 10.9. The maximum Gasteiger partial charge on any atom is 0.416 e. The van der Waals surface area contributed by atoms with Gasteiger partial charge in [0.2, 0.25) is 5.91 Å². The Morgan fingerprint density at radius 3 is 2.14 bits per heavy atom. The topological polar surface area (TPSA) is 50.4 Å². The van der Waals surface area contributed by atoms with Crippen molar-refractivity contribution in [1.29, 1.82) is 0 Å². The van der Waals surface area contributed by atoms with Gasteiger partial charge in [0.15, 0.2) is 0 Å². The summed E-state index contributed by atoms with van der Waals surface area (Å²) in [5.41, 5.74) is -3.10. The molecule has 37 heavy (non-hydrogen) atoms. The number of ether oxygens (including phenoxy) is 1. The lowest BCUT2D eigenvalue weighted by Crippen LogP contribution is -2.64. The van der Waals surface area contributed by atoms with E-state index >= 15 is 0 Å². The van der Waals surface area contributed by atoms with E-state index in [4.69, 9.17) is 4.74 Å². The molecular weight excluding hydrogens is 498 g/mol. The predicted molar refractivity (Wildman–Crippen MR) is 125 cm³/mol. The lowest BCUT2D eigenvalue weighted by atomic mass is 9.73. The SMILES string of the molecule is C[C@@H](O/C=C/[C@@]1(c2ccccc2)CC[C@@]2(CCCC(=O)N2)CN1)c1cc(C(F)(F)F)cc(C(F)(F)F)c1. The lowest BCUT2D eigenvalue weighted by molar-refractivity contribution is -0.143. The summed E-state index contributed by atoms with van der Waals surface area (Å²) in [6.07, 6.45) is -4.40. The van der Waals surface area contributed by atoms with Gasteiger partial charge in [0.25, 0.3) is 0 Å². The van der Waals surface area contributed by atoms with Gasteiger partial charge in [0.05, 0.1) is 28.5 Å². The van der Waals surface area contributed by atoms with Crippen molar-refractivity contribution in [2.24, 2.45) is 0 Å². The minimum absolute atomic E-state index is 0.0206. The number of nitrogens with one attached hydrogen (secondary N) is 2. The Hall–Kier alpha value is -3.01. The van der Waals surface area contributed by atoms with Crippen molar-refractivity contribution in [3.05, 3.63) is 83.1 Å². The number of hydrogen-bond acceptors (Lipinski definition) is 3. The summed E-state index contributed by atoms with van der Waals surface area (Å²) in [7, 11) is 0. The molecule has 0 aromatic heterocycles. The number of alkyl halides is 6. The minimum Gasteiger partial charge on any atom is -0.494 e. The molecule has 2 saturated heterocycles. The van der Waals surface area contributed by atoms with Gasteiger partial charge in [0, 0.05) is 13.0 Å². The summed E-state index contributed by atoms with van der Waals surface area (Å²) in [6.45, 7) is 1.91. The van der Waals surface area contributed by atoms with E-state index in [1.165, 1.54) is 13.2 Å². The number of hydrogen-bond donors (Lipinski definition) is 2. The second kappa shape index (κ2) is 10.0. The van der Waals surface area contributed by atoms with Crippen LogP contribution in [0.4, 0.5) is 26.3 Å². The van der Waals surface area contributed by atoms with E-state index in [2.05, 4.69) is 10.6 Å². The first kappa shape index (κ1) is 27.0. The number of carbonyl (C=O) groups is 1. The zero-order valence-electron chi connectivity index (χ0n) is 20.2. The highest BCUT2D eigenvalue weighted by molar-refractivity contribution is 5.77. The van der Waals surface area contributed by atoms with Crippen LogP contribution in [0, 0.1) is 0 Å². The minimum atomic E-state index is -4.93. The fraction of sp³-hybridized carbons (Fsp3) is 0.444. The smallest absolute Gasteiger partial charge is 0.416 e. The van der Waals surface area contributed by atoms with Crippen molar-refractivity contribution in [3.63, 3.8) is 0 Å². The molecule has 4 nitrogen and oxygen atoms in total. The van der Waals surface area contributed by atoms with E-state index in [1.807, 2.05) is 30.3 Å². The van der Waals surface area contributed by atoms with Crippen molar-refractivity contribution in [3.8, 4) is 0 Å². The van der Waals surface area contributed by atoms with Gasteiger partial charge in [-0.3, -0.25) is 4.79 Å². The number of piperidine rings is 2. The second-order valence-electron chi connectivity index (χ2n) is 9.79. The molecule has 2 fully saturated rings. The van der Waals surface area contributed by atoms with Crippen LogP contribution in [0.3, 0.4) is 0 Å². The molecule has 0 aliphatic carbocycles. The number of amides is 1. The average Bonchev–Trinajstić information content (AvgIpc) is 2.84. The molecule has 2 aromatic carbocycles. The highest BCUT2D eigenvalue weighted by Crippen LogP contribution is 2.40. The fourth-order valence-corrected chi connectivity index (χ4v) is 5.05. The summed E-state index contributed by atoms with van der Waals surface area (Å²) in [4.78, 5) is 12.0. The zero-order chi connectivity index (χ0) is 26.9. The molecular formula is C27H28F6N2O2. The van der Waals surface area contributed by atoms with Gasteiger partial charge >= 0.3 is 12.4 Å². The van der Waals surface area contributed by atoms with E-state index in [9.17, 15) is 31.1 Å². The van der Waals surface area contributed by atoms with Gasteiger partial charge < -0.3 is 15.4 Å². The Labute approximate surface area is 211 Å². The first-order valence-electron chi connectivity index (χ1n) is 12.1. The number of benzene rings is 2. The van der Waals surface area contributed by atoms with Crippen LogP contribution in [-0.2, 0) is 27.4 Å². The van der Waals surface area contributed by atoms with Crippen LogP contribution in [0.25, 0.3) is 0 Å². The van der Waals surface area contributed by atoms with E-state index in [0.717, 1.165) is 18.4 Å². The van der Waals surface area contributed by atoms with Crippen LogP contribution in [0.5, 0.6) is 0 Å². The summed E-state index contributed by atoms with van der Waals surface area (Å²) >= 11 is 0. The number of carbonyl (C=O) groups excluding carboxylic acids is 1. The third-order valence-corrected chi connectivity index (χ3v) is 7.21. The lowest BCUT2D eigenvalue weighted by Gasteiger charge is -2.48. The van der Waals surface area contributed by atoms with Crippen molar-refractivity contribution >= 4 is 5.91 Å². The monoisotopic (exact) mass is 526 g/mol. The standard InChI is InChI=1S/C27H28F6N2O2/c1-18(19-14-21(26(28,29)30)16-22(15-19)27(31,32)33)37-13-12-25(20-6-3-2-4-7-20)11-10-24(17-34-25)9-5-8-23(36)35-24/h2-4,6-7,12-16,18,34H,5,8-11,17H2,1H3,(H,35,36)/b13-12+/t18-,24+,25-/m1/s1. The molecule has 0 bridgehead atoms. The Bertz CT molecular complexity index is 1100. The highest BCUT2D eigenvalue weighted by atomic mass is 19.4. The van der Waals surface area contributed by atoms with Gasteiger partial charge in [0.1, 0.15) is 6.10 Å². The van der Waals surface area contributed by atoms with Crippen molar-refractivity contribution < 1.29 is 35.9 Å². The van der Waals surface area contributed by atoms with Crippen LogP contribution < -0.4 is 10.6 Å². The quantitative estimate of drug-likeness (QED) is 0.340. The molecule has 3 atom stereocenters. The second-order valence-corrected chi connectivity index (χ2v) is 9.79. The summed E-state index contributed by atoms with van der Waals surface area (Å²) < 4.78 is 85.1. The fourth-order valence-electron chi connectivity index (χ4n) is 5.05. The largest absolute Gasteiger partial charge is 0.494 e. The molecule has 2 heterocycles. The molecule has 0 radical (unpaired) electrons. The maximum atomic E-state index is 13.3. The molecule has 1 amide bonds. The van der Waals surface area contributed by atoms with Crippen LogP contribution in [0.15, 0.2) is 60.9 Å². The molecule has 1 spiro atoms. The molecule has 2 aliphatic rings. The molecule has 2 aromatic rings. The van der Waals surface area contributed by atoms with E-state index in [-0.39, 0.29) is 23.1 Å². The Kier molecular flexibility index (Phi) is 7.34. The Morgan fingerprint density at radius 2 is 1.59 bits per heavy atom. The summed E-state index contributed by atoms with van der Waals surface area (Å²) in [5, 5.41) is 6.63. The van der Waals surface area contributed by atoms with Gasteiger partial charge in [-0.05, 0) is 68.0 Å². The van der Waals surface area contributed by atoms with Gasteiger partial charge in [-0.15, -0.1) is 0 Å². The third kappa shape index (κ3) is 6.11. The molecule has 10 heteroatoms. The number of rotatable bonds is 5. The van der Waals surface area contributed by atoms with Crippen LogP contribution in [-0.4, -0.2) is 18.0 Å². The molecule has 0 saturated carbocycles. The van der Waals surface area contributed by atoms with Crippen LogP contribution in [0.1, 0.15) is 67.4 Å². The van der Waals surface area contributed by atoms with E-state index in [1.54, 1.807) is 6.08 Å². The van der Waals surface area contributed by atoms with Crippen LogP contribution in [0.2, 0.25) is 0 Å². The molecule has 0 unspecified atom stereocenters. The average molecular weight is 527 g/mol. The van der Waals surface area contributed by atoms with E-state index < -0.39 is 35.1 Å². The highest BCUT2D eigenvalue weighted by Gasteiger charge is 2.44. The Morgan fingerprint density at radius 1 is 0.946 bits per heavy atom. The van der Waals surface area contributed by atoms with E-state index in [0.29, 0.717) is 37.9 Å². The van der Waals surface area contributed by atoms with Gasteiger partial charge in [-0.2, -0.15) is 26.3 Å².